The number of hydrogen-bond acceptors (Lipinski definition) is 5. The maximum Gasteiger partial charge on any atom is 0.204 e. The van der Waals surface area contributed by atoms with E-state index in [1.807, 2.05) is 24.4 Å². The van der Waals surface area contributed by atoms with Crippen molar-refractivity contribution in [2.75, 3.05) is 0 Å². The Morgan fingerprint density at radius 3 is 3.08 bits per heavy atom. The van der Waals surface area contributed by atoms with Crippen LogP contribution >= 0.6 is 15.9 Å². The van der Waals surface area contributed by atoms with Gasteiger partial charge in [-0.2, -0.15) is 10.3 Å². The topological polar surface area (TPSA) is 98.8 Å². The van der Waals surface area contributed by atoms with Gasteiger partial charge in [0.05, 0.1) is 16.2 Å². The van der Waals surface area contributed by atoms with Gasteiger partial charge in [0.25, 0.3) is 0 Å². The molecule has 0 aliphatic carbocycles. The number of hydrogen-bond donors (Lipinski definition) is 1. The van der Waals surface area contributed by atoms with Crippen LogP contribution in [0.4, 0.5) is 0 Å². The van der Waals surface area contributed by atoms with Crippen molar-refractivity contribution >= 4 is 21.6 Å². The van der Waals surface area contributed by atoms with Gasteiger partial charge in [0.1, 0.15) is 0 Å². The first kappa shape index (κ1) is 15.6. The molecule has 1 aromatic carbocycles. The summed E-state index contributed by atoms with van der Waals surface area (Å²) in [5.41, 5.74) is 5.12. The molecule has 9 heteroatoms. The maximum atomic E-state index is 4.95. The van der Waals surface area contributed by atoms with E-state index in [1.165, 1.54) is 11.1 Å². The molecule has 1 radical (unpaired) electrons. The summed E-state index contributed by atoms with van der Waals surface area (Å²) < 4.78 is 2.67. The first-order chi connectivity index (χ1) is 12.7. The Labute approximate surface area is 157 Å². The van der Waals surface area contributed by atoms with Crippen LogP contribution in [0.25, 0.3) is 17.0 Å². The molecule has 0 spiro atoms. The number of halogens is 1. The van der Waals surface area contributed by atoms with Gasteiger partial charge in [0.2, 0.25) is 5.82 Å². The maximum absolute atomic E-state index is 4.95. The summed E-state index contributed by atoms with van der Waals surface area (Å²) in [6.45, 7) is 2.11. The Bertz CT molecular complexity index is 1090. The number of nitrogens with one attached hydrogen (secondary N) is 1. The highest BCUT2D eigenvalue weighted by molar-refractivity contribution is 9.10. The molecule has 1 aliphatic rings. The van der Waals surface area contributed by atoms with Crippen molar-refractivity contribution < 1.29 is 0 Å². The fraction of sp³-hybridized carbons (Fsp3) is 0.235. The molecule has 1 N–H and O–H groups in total. The van der Waals surface area contributed by atoms with Crippen LogP contribution in [-0.2, 0) is 6.42 Å². The third-order valence-electron chi connectivity index (χ3n) is 4.69. The summed E-state index contributed by atoms with van der Waals surface area (Å²) in [5.74, 6) is 0.607. The monoisotopic (exact) mass is 409 g/mol. The second kappa shape index (κ2) is 5.96. The largest absolute Gasteiger partial charge is 0.236 e. The molecule has 26 heavy (non-hydrogen) atoms. The Kier molecular flexibility index (Phi) is 3.57. The number of nitrogens with zero attached hydrogens (tertiary/aromatic N) is 7. The van der Waals surface area contributed by atoms with Gasteiger partial charge in [0, 0.05) is 30.1 Å². The second-order valence-corrected chi connectivity index (χ2v) is 7.21. The number of aromatic nitrogens is 7. The fourth-order valence-corrected chi connectivity index (χ4v) is 3.82. The number of benzene rings is 1. The number of fused-ring (bicyclic) bond motifs is 2. The van der Waals surface area contributed by atoms with E-state index in [2.05, 4.69) is 59.6 Å². The third-order valence-corrected chi connectivity index (χ3v) is 5.10. The summed E-state index contributed by atoms with van der Waals surface area (Å²) >= 11 is 3.43. The molecule has 129 valence electrons. The van der Waals surface area contributed by atoms with Crippen molar-refractivity contribution in [1.82, 2.24) is 40.5 Å². The molecular formula is C17H14BrN8. The lowest BCUT2D eigenvalue weighted by molar-refractivity contribution is 0.413. The molecule has 0 saturated heterocycles. The lowest BCUT2D eigenvalue weighted by Crippen LogP contribution is -2.27. The zero-order valence-electron chi connectivity index (χ0n) is 13.8. The summed E-state index contributed by atoms with van der Waals surface area (Å²) in [5, 5.41) is 24.2. The summed E-state index contributed by atoms with van der Waals surface area (Å²) in [4.78, 5) is 4.40. The highest BCUT2D eigenvalue weighted by Gasteiger charge is 2.30. The van der Waals surface area contributed by atoms with Crippen LogP contribution < -0.4 is 5.32 Å². The summed E-state index contributed by atoms with van der Waals surface area (Å²) in [7, 11) is 0. The molecule has 2 atom stereocenters. The smallest absolute Gasteiger partial charge is 0.204 e. The van der Waals surface area contributed by atoms with Gasteiger partial charge in [-0.05, 0) is 45.6 Å². The van der Waals surface area contributed by atoms with E-state index in [-0.39, 0.29) is 12.1 Å². The zero-order valence-corrected chi connectivity index (χ0v) is 15.4. The van der Waals surface area contributed by atoms with Crippen molar-refractivity contribution in [3.63, 3.8) is 0 Å². The molecule has 4 heterocycles. The van der Waals surface area contributed by atoms with Gasteiger partial charge < -0.3 is 0 Å². The van der Waals surface area contributed by atoms with Crippen molar-refractivity contribution in [3.8, 4) is 11.4 Å². The molecule has 0 saturated carbocycles. The van der Waals surface area contributed by atoms with E-state index in [0.29, 0.717) is 5.82 Å². The predicted molar refractivity (Wildman–Crippen MR) is 97.3 cm³/mol. The van der Waals surface area contributed by atoms with Crippen LogP contribution in [0.15, 0.2) is 41.1 Å². The summed E-state index contributed by atoms with van der Waals surface area (Å²) in [6, 6.07) is 8.19. The van der Waals surface area contributed by atoms with E-state index in [9.17, 15) is 0 Å². The normalized spacial score (nSPS) is 19.6. The Balaban J connectivity index is 1.58. The molecule has 3 aromatic heterocycles. The average molecular weight is 410 g/mol. The van der Waals surface area contributed by atoms with Crippen molar-refractivity contribution in [2.45, 2.75) is 25.4 Å². The molecule has 1 aliphatic heterocycles. The van der Waals surface area contributed by atoms with E-state index in [4.69, 9.17) is 5.32 Å². The van der Waals surface area contributed by atoms with Crippen molar-refractivity contribution in [1.29, 1.82) is 0 Å². The quantitative estimate of drug-likeness (QED) is 0.548. The van der Waals surface area contributed by atoms with Gasteiger partial charge >= 0.3 is 0 Å². The zero-order chi connectivity index (χ0) is 17.7. The van der Waals surface area contributed by atoms with Crippen molar-refractivity contribution in [2.24, 2.45) is 0 Å². The minimum absolute atomic E-state index is 0.0361. The fourth-order valence-electron chi connectivity index (χ4n) is 3.52. The molecule has 8 nitrogen and oxygen atoms in total. The lowest BCUT2D eigenvalue weighted by atomic mass is 9.86. The van der Waals surface area contributed by atoms with E-state index in [1.54, 1.807) is 10.7 Å². The number of aromatic amines is 1. The van der Waals surface area contributed by atoms with Crippen molar-refractivity contribution in [3.05, 3.63) is 58.0 Å². The lowest BCUT2D eigenvalue weighted by Gasteiger charge is -2.29. The van der Waals surface area contributed by atoms with Crippen LogP contribution in [-0.4, -0.2) is 35.2 Å². The van der Waals surface area contributed by atoms with Crippen LogP contribution in [0.1, 0.15) is 35.8 Å². The molecule has 0 amide bonds. The van der Waals surface area contributed by atoms with Gasteiger partial charge in [-0.15, -0.1) is 10.2 Å². The van der Waals surface area contributed by atoms with Crippen LogP contribution in [0, 0.1) is 0 Å². The van der Waals surface area contributed by atoms with Gasteiger partial charge in [-0.3, -0.25) is 0 Å². The number of tetrazole rings is 1. The Morgan fingerprint density at radius 2 is 2.23 bits per heavy atom. The first-order valence-corrected chi connectivity index (χ1v) is 9.05. The van der Waals surface area contributed by atoms with E-state index >= 15 is 0 Å². The summed E-state index contributed by atoms with van der Waals surface area (Å²) in [6.07, 6.45) is 4.41. The van der Waals surface area contributed by atoms with Crippen LogP contribution in [0.2, 0.25) is 0 Å². The standard InChI is InChI=1S/C17H14BrN8/c1-9-11-3-2-4-12(17-21-24-25-22-17)13(11)5-14(20-9)15-6-16-19-7-10(18)8-26(16)23-15/h2-4,6-9,14H,5H2,1H3,(H,21,22,24,25). The highest BCUT2D eigenvalue weighted by Crippen LogP contribution is 2.37. The second-order valence-electron chi connectivity index (χ2n) is 6.30. The minimum Gasteiger partial charge on any atom is -0.236 e. The first-order valence-electron chi connectivity index (χ1n) is 8.25. The van der Waals surface area contributed by atoms with Gasteiger partial charge in [-0.25, -0.2) is 14.8 Å². The SMILES string of the molecule is CC1[N]C(c2cc3ncc(Br)cn3n2)Cc2c(-c3nn[nH]n3)cccc21. The molecule has 0 bridgehead atoms. The van der Waals surface area contributed by atoms with E-state index in [0.717, 1.165) is 27.8 Å². The molecule has 0 fully saturated rings. The van der Waals surface area contributed by atoms with Crippen LogP contribution in [0.5, 0.6) is 0 Å². The Morgan fingerprint density at radius 1 is 1.31 bits per heavy atom. The average Bonchev–Trinajstić information content (AvgIpc) is 3.30. The third kappa shape index (κ3) is 2.51. The van der Waals surface area contributed by atoms with Gasteiger partial charge in [0.15, 0.2) is 5.65 Å². The molecular weight excluding hydrogens is 396 g/mol. The predicted octanol–water partition coefficient (Wildman–Crippen LogP) is 2.63. The Hall–Kier alpha value is -2.65. The number of rotatable bonds is 2. The molecule has 5 rings (SSSR count). The molecule has 2 unspecified atom stereocenters. The van der Waals surface area contributed by atoms with Crippen LogP contribution in [0.3, 0.4) is 0 Å². The number of H-pyrrole nitrogens is 1. The highest BCUT2D eigenvalue weighted by atomic mass is 79.9. The minimum atomic E-state index is -0.0361. The van der Waals surface area contributed by atoms with E-state index < -0.39 is 0 Å². The molecule has 4 aromatic rings. The van der Waals surface area contributed by atoms with Gasteiger partial charge in [-0.1, -0.05) is 18.2 Å².